The van der Waals surface area contributed by atoms with Gasteiger partial charge in [-0.2, -0.15) is 0 Å². The molecule has 0 saturated carbocycles. The number of ether oxygens (including phenoxy) is 1. The SMILES string of the molecule is COc1ccc(CNC(C)(C)c2ccc(C)nc2)cc1F. The van der Waals surface area contributed by atoms with Crippen molar-refractivity contribution in [3.63, 3.8) is 0 Å². The minimum absolute atomic E-state index is 0.239. The van der Waals surface area contributed by atoms with E-state index >= 15 is 0 Å². The van der Waals surface area contributed by atoms with E-state index < -0.39 is 0 Å². The van der Waals surface area contributed by atoms with E-state index in [-0.39, 0.29) is 17.1 Å². The summed E-state index contributed by atoms with van der Waals surface area (Å²) in [6.07, 6.45) is 1.87. The maximum Gasteiger partial charge on any atom is 0.165 e. The smallest absolute Gasteiger partial charge is 0.165 e. The molecule has 0 bridgehead atoms. The van der Waals surface area contributed by atoms with Gasteiger partial charge in [0.15, 0.2) is 11.6 Å². The number of hydrogen-bond acceptors (Lipinski definition) is 3. The first kappa shape index (κ1) is 15.4. The van der Waals surface area contributed by atoms with Gasteiger partial charge in [0.1, 0.15) is 0 Å². The summed E-state index contributed by atoms with van der Waals surface area (Å²) in [7, 11) is 1.46. The van der Waals surface area contributed by atoms with Gasteiger partial charge in [-0.3, -0.25) is 4.98 Å². The first-order valence-corrected chi connectivity index (χ1v) is 6.93. The number of nitrogens with one attached hydrogen (secondary N) is 1. The number of aryl methyl sites for hydroxylation is 1. The minimum Gasteiger partial charge on any atom is -0.494 e. The standard InChI is InChI=1S/C17H21FN2O/c1-12-5-7-14(11-19-12)17(2,3)20-10-13-6-8-16(21-4)15(18)9-13/h5-9,11,20H,10H2,1-4H3. The lowest BCUT2D eigenvalue weighted by molar-refractivity contribution is 0.383. The molecule has 21 heavy (non-hydrogen) atoms. The number of aromatic nitrogens is 1. The Morgan fingerprint density at radius 1 is 1.24 bits per heavy atom. The van der Waals surface area contributed by atoms with Gasteiger partial charge in [-0.1, -0.05) is 12.1 Å². The number of hydrogen-bond donors (Lipinski definition) is 1. The molecule has 0 saturated heterocycles. The number of methoxy groups -OCH3 is 1. The molecule has 2 rings (SSSR count). The molecule has 4 heteroatoms. The van der Waals surface area contributed by atoms with Gasteiger partial charge in [0, 0.05) is 24.0 Å². The lowest BCUT2D eigenvalue weighted by atomic mass is 9.95. The second-order valence-corrected chi connectivity index (χ2v) is 5.64. The lowest BCUT2D eigenvalue weighted by Crippen LogP contribution is -2.36. The number of halogens is 1. The Morgan fingerprint density at radius 3 is 2.57 bits per heavy atom. The van der Waals surface area contributed by atoms with Gasteiger partial charge >= 0.3 is 0 Å². The third kappa shape index (κ3) is 3.79. The quantitative estimate of drug-likeness (QED) is 0.913. The first-order chi connectivity index (χ1) is 9.92. The second kappa shape index (κ2) is 6.22. The molecule has 0 aliphatic rings. The van der Waals surface area contributed by atoms with Gasteiger partial charge < -0.3 is 10.1 Å². The van der Waals surface area contributed by atoms with E-state index in [1.165, 1.54) is 13.2 Å². The van der Waals surface area contributed by atoms with Gasteiger partial charge in [0.25, 0.3) is 0 Å². The van der Waals surface area contributed by atoms with E-state index in [1.807, 2.05) is 25.3 Å². The molecule has 0 radical (unpaired) electrons. The topological polar surface area (TPSA) is 34.1 Å². The van der Waals surface area contributed by atoms with Crippen molar-refractivity contribution < 1.29 is 9.13 Å². The summed E-state index contributed by atoms with van der Waals surface area (Å²) in [6, 6.07) is 9.05. The van der Waals surface area contributed by atoms with Crippen molar-refractivity contribution >= 4 is 0 Å². The van der Waals surface area contributed by atoms with E-state index in [0.717, 1.165) is 16.8 Å². The predicted octanol–water partition coefficient (Wildman–Crippen LogP) is 3.56. The summed E-state index contributed by atoms with van der Waals surface area (Å²) < 4.78 is 18.6. The Morgan fingerprint density at radius 2 is 2.00 bits per heavy atom. The molecule has 112 valence electrons. The monoisotopic (exact) mass is 288 g/mol. The molecule has 0 unspecified atom stereocenters. The fraction of sp³-hybridized carbons (Fsp3) is 0.353. The van der Waals surface area contributed by atoms with Crippen LogP contribution < -0.4 is 10.1 Å². The average Bonchev–Trinajstić information content (AvgIpc) is 2.46. The second-order valence-electron chi connectivity index (χ2n) is 5.64. The van der Waals surface area contributed by atoms with Crippen molar-refractivity contribution in [3.05, 3.63) is 59.2 Å². The third-order valence-electron chi connectivity index (χ3n) is 3.58. The highest BCUT2D eigenvalue weighted by atomic mass is 19.1. The van der Waals surface area contributed by atoms with Crippen LogP contribution in [0.25, 0.3) is 0 Å². The van der Waals surface area contributed by atoms with Crippen LogP contribution in [0, 0.1) is 12.7 Å². The highest BCUT2D eigenvalue weighted by Crippen LogP contribution is 2.21. The van der Waals surface area contributed by atoms with Crippen molar-refractivity contribution in [1.82, 2.24) is 10.3 Å². The van der Waals surface area contributed by atoms with Crippen LogP contribution in [0.15, 0.2) is 36.5 Å². The largest absolute Gasteiger partial charge is 0.494 e. The van der Waals surface area contributed by atoms with Crippen molar-refractivity contribution in [2.24, 2.45) is 0 Å². The highest BCUT2D eigenvalue weighted by molar-refractivity contribution is 5.29. The van der Waals surface area contributed by atoms with Gasteiger partial charge in [0.2, 0.25) is 0 Å². The number of rotatable bonds is 5. The van der Waals surface area contributed by atoms with E-state index in [4.69, 9.17) is 4.74 Å². The van der Waals surface area contributed by atoms with Gasteiger partial charge in [-0.25, -0.2) is 4.39 Å². The van der Waals surface area contributed by atoms with E-state index in [9.17, 15) is 4.39 Å². The molecule has 1 aromatic carbocycles. The molecule has 0 spiro atoms. The molecule has 2 aromatic rings. The van der Waals surface area contributed by atoms with Crippen LogP contribution in [0.5, 0.6) is 5.75 Å². The van der Waals surface area contributed by atoms with Crippen LogP contribution in [0.2, 0.25) is 0 Å². The summed E-state index contributed by atoms with van der Waals surface area (Å²) in [5.74, 6) is -0.0765. The molecule has 1 aromatic heterocycles. The van der Waals surface area contributed by atoms with Crippen LogP contribution in [0.3, 0.4) is 0 Å². The van der Waals surface area contributed by atoms with Crippen molar-refractivity contribution in [3.8, 4) is 5.75 Å². The normalized spacial score (nSPS) is 11.5. The van der Waals surface area contributed by atoms with E-state index in [0.29, 0.717) is 6.54 Å². The zero-order valence-corrected chi connectivity index (χ0v) is 12.9. The molecule has 0 fully saturated rings. The zero-order chi connectivity index (χ0) is 15.5. The predicted molar refractivity (Wildman–Crippen MR) is 81.8 cm³/mol. The molecule has 0 aliphatic heterocycles. The molecule has 0 amide bonds. The van der Waals surface area contributed by atoms with Crippen LogP contribution in [-0.2, 0) is 12.1 Å². The molecular formula is C17H21FN2O. The Bertz CT molecular complexity index is 609. The van der Waals surface area contributed by atoms with Gasteiger partial charge in [-0.15, -0.1) is 0 Å². The molecular weight excluding hydrogens is 267 g/mol. The Labute approximate surface area is 125 Å². The van der Waals surface area contributed by atoms with E-state index in [1.54, 1.807) is 6.07 Å². The molecule has 3 nitrogen and oxygen atoms in total. The number of nitrogens with zero attached hydrogens (tertiary/aromatic N) is 1. The Balaban J connectivity index is 2.07. The fourth-order valence-corrected chi connectivity index (χ4v) is 2.08. The molecule has 0 aliphatic carbocycles. The lowest BCUT2D eigenvalue weighted by Gasteiger charge is -2.27. The number of benzene rings is 1. The molecule has 1 heterocycles. The third-order valence-corrected chi connectivity index (χ3v) is 3.58. The fourth-order valence-electron chi connectivity index (χ4n) is 2.08. The summed E-state index contributed by atoms with van der Waals surface area (Å²) in [5, 5.41) is 3.43. The Kier molecular flexibility index (Phi) is 4.58. The number of pyridine rings is 1. The van der Waals surface area contributed by atoms with Crippen LogP contribution in [0.1, 0.15) is 30.7 Å². The van der Waals surface area contributed by atoms with Gasteiger partial charge in [-0.05, 0) is 50.1 Å². The summed E-state index contributed by atoms with van der Waals surface area (Å²) in [6.45, 7) is 6.70. The summed E-state index contributed by atoms with van der Waals surface area (Å²) in [5.41, 5.74) is 2.73. The maximum absolute atomic E-state index is 13.7. The summed E-state index contributed by atoms with van der Waals surface area (Å²) in [4.78, 5) is 4.32. The Hall–Kier alpha value is -1.94. The summed E-state index contributed by atoms with van der Waals surface area (Å²) >= 11 is 0. The average molecular weight is 288 g/mol. The molecule has 1 N–H and O–H groups in total. The molecule has 0 atom stereocenters. The van der Waals surface area contributed by atoms with E-state index in [2.05, 4.69) is 30.2 Å². The van der Waals surface area contributed by atoms with Crippen LogP contribution >= 0.6 is 0 Å². The van der Waals surface area contributed by atoms with Crippen molar-refractivity contribution in [2.45, 2.75) is 32.9 Å². The minimum atomic E-state index is -0.341. The highest BCUT2D eigenvalue weighted by Gasteiger charge is 2.20. The van der Waals surface area contributed by atoms with Crippen molar-refractivity contribution in [2.75, 3.05) is 7.11 Å². The van der Waals surface area contributed by atoms with Gasteiger partial charge in [0.05, 0.1) is 7.11 Å². The maximum atomic E-state index is 13.7. The first-order valence-electron chi connectivity index (χ1n) is 6.93. The van der Waals surface area contributed by atoms with Crippen LogP contribution in [-0.4, -0.2) is 12.1 Å². The van der Waals surface area contributed by atoms with Crippen molar-refractivity contribution in [1.29, 1.82) is 0 Å². The zero-order valence-electron chi connectivity index (χ0n) is 12.9. The van der Waals surface area contributed by atoms with Crippen LogP contribution in [0.4, 0.5) is 4.39 Å².